The maximum absolute atomic E-state index is 12.1. The highest BCUT2D eigenvalue weighted by molar-refractivity contribution is 7.10. The van der Waals surface area contributed by atoms with E-state index in [1.807, 2.05) is 30.9 Å². The fourth-order valence-electron chi connectivity index (χ4n) is 1.91. The van der Waals surface area contributed by atoms with Crippen LogP contribution in [0.1, 0.15) is 17.4 Å². The zero-order valence-electron chi connectivity index (χ0n) is 12.0. The minimum atomic E-state index is -0.0579. The van der Waals surface area contributed by atoms with Crippen LogP contribution in [0.2, 0.25) is 0 Å². The van der Waals surface area contributed by atoms with E-state index in [-0.39, 0.29) is 12.1 Å². The second kappa shape index (κ2) is 6.56. The average Bonchev–Trinajstić information content (AvgIpc) is 3.02. The highest BCUT2D eigenvalue weighted by Gasteiger charge is 2.14. The van der Waals surface area contributed by atoms with E-state index in [2.05, 4.69) is 28.8 Å². The van der Waals surface area contributed by atoms with Crippen LogP contribution in [0.25, 0.3) is 0 Å². The predicted octanol–water partition coefficient (Wildman–Crippen LogP) is 2.48. The zero-order chi connectivity index (χ0) is 14.5. The van der Waals surface area contributed by atoms with Crippen molar-refractivity contribution in [3.05, 3.63) is 40.3 Å². The van der Waals surface area contributed by atoms with Crippen molar-refractivity contribution in [3.8, 4) is 0 Å². The van der Waals surface area contributed by atoms with Crippen LogP contribution in [0.5, 0.6) is 0 Å². The first kappa shape index (κ1) is 14.6. The molecule has 0 saturated carbocycles. The van der Waals surface area contributed by atoms with Crippen LogP contribution < -0.4 is 5.32 Å². The number of amides is 2. The molecule has 0 aromatic carbocycles. The Morgan fingerprint density at radius 3 is 3.00 bits per heavy atom. The third-order valence-corrected chi connectivity index (χ3v) is 4.09. The number of rotatable bonds is 5. The molecule has 2 amide bonds. The minimum Gasteiger partial charge on any atom is -0.334 e. The SMILES string of the molecule is Cc1ccsc1CN(C)C(=O)NC(C)Cn1cccn1. The fourth-order valence-corrected chi connectivity index (χ4v) is 2.87. The van der Waals surface area contributed by atoms with Gasteiger partial charge in [0.2, 0.25) is 0 Å². The van der Waals surface area contributed by atoms with Crippen molar-refractivity contribution in [2.24, 2.45) is 0 Å². The van der Waals surface area contributed by atoms with Crippen LogP contribution in [0.3, 0.4) is 0 Å². The van der Waals surface area contributed by atoms with E-state index in [0.717, 1.165) is 0 Å². The van der Waals surface area contributed by atoms with Gasteiger partial charge in [-0.15, -0.1) is 11.3 Å². The summed E-state index contributed by atoms with van der Waals surface area (Å²) in [7, 11) is 1.81. The van der Waals surface area contributed by atoms with Crippen LogP contribution in [0, 0.1) is 6.92 Å². The third-order valence-electron chi connectivity index (χ3n) is 3.09. The lowest BCUT2D eigenvalue weighted by atomic mass is 10.3. The second-order valence-electron chi connectivity index (χ2n) is 4.96. The summed E-state index contributed by atoms with van der Waals surface area (Å²) in [6, 6.07) is 3.93. The van der Waals surface area contributed by atoms with E-state index in [1.54, 1.807) is 22.4 Å². The van der Waals surface area contributed by atoms with E-state index in [9.17, 15) is 4.79 Å². The molecule has 0 saturated heterocycles. The van der Waals surface area contributed by atoms with Crippen molar-refractivity contribution in [2.45, 2.75) is 33.0 Å². The monoisotopic (exact) mass is 292 g/mol. The highest BCUT2D eigenvalue weighted by Crippen LogP contribution is 2.17. The van der Waals surface area contributed by atoms with Gasteiger partial charge in [-0.05, 0) is 36.9 Å². The van der Waals surface area contributed by atoms with Gasteiger partial charge in [0.25, 0.3) is 0 Å². The molecule has 2 aromatic rings. The molecule has 0 aliphatic carbocycles. The number of carbonyl (C=O) groups excluding carboxylic acids is 1. The molecular weight excluding hydrogens is 272 g/mol. The molecule has 0 aliphatic rings. The number of nitrogens with zero attached hydrogens (tertiary/aromatic N) is 3. The second-order valence-corrected chi connectivity index (χ2v) is 5.96. The Labute approximate surface area is 123 Å². The molecule has 1 N–H and O–H groups in total. The molecule has 108 valence electrons. The van der Waals surface area contributed by atoms with E-state index in [0.29, 0.717) is 13.1 Å². The van der Waals surface area contributed by atoms with Crippen molar-refractivity contribution in [1.82, 2.24) is 20.0 Å². The van der Waals surface area contributed by atoms with Crippen LogP contribution in [0.4, 0.5) is 4.79 Å². The van der Waals surface area contributed by atoms with Crippen LogP contribution >= 0.6 is 11.3 Å². The van der Waals surface area contributed by atoms with E-state index in [4.69, 9.17) is 0 Å². The fraction of sp³-hybridized carbons (Fsp3) is 0.429. The van der Waals surface area contributed by atoms with E-state index < -0.39 is 0 Å². The first-order valence-electron chi connectivity index (χ1n) is 6.58. The lowest BCUT2D eigenvalue weighted by molar-refractivity contribution is 0.202. The standard InChI is InChI=1S/C14H20N4OS/c1-11-5-8-20-13(11)10-17(3)14(19)16-12(2)9-18-7-4-6-15-18/h4-8,12H,9-10H2,1-3H3,(H,16,19). The Morgan fingerprint density at radius 2 is 2.40 bits per heavy atom. The molecule has 1 unspecified atom stereocenters. The molecule has 0 fully saturated rings. The molecular formula is C14H20N4OS. The number of nitrogens with one attached hydrogen (secondary N) is 1. The van der Waals surface area contributed by atoms with Gasteiger partial charge in [0.05, 0.1) is 13.1 Å². The van der Waals surface area contributed by atoms with Crippen molar-refractivity contribution in [2.75, 3.05) is 7.05 Å². The Hall–Kier alpha value is -1.82. The summed E-state index contributed by atoms with van der Waals surface area (Å²) in [6.07, 6.45) is 3.63. The molecule has 5 nitrogen and oxygen atoms in total. The molecule has 2 heterocycles. The zero-order valence-corrected chi connectivity index (χ0v) is 12.9. The molecule has 0 radical (unpaired) electrons. The topological polar surface area (TPSA) is 50.2 Å². The average molecular weight is 292 g/mol. The number of carbonyl (C=O) groups is 1. The first-order chi connectivity index (χ1) is 9.56. The van der Waals surface area contributed by atoms with Gasteiger partial charge in [-0.3, -0.25) is 4.68 Å². The van der Waals surface area contributed by atoms with E-state index >= 15 is 0 Å². The lowest BCUT2D eigenvalue weighted by Gasteiger charge is -2.21. The third kappa shape index (κ3) is 3.84. The van der Waals surface area contributed by atoms with Crippen LogP contribution in [0.15, 0.2) is 29.9 Å². The van der Waals surface area contributed by atoms with Crippen LogP contribution in [-0.4, -0.2) is 33.8 Å². The van der Waals surface area contributed by atoms with Gasteiger partial charge >= 0.3 is 6.03 Å². The van der Waals surface area contributed by atoms with Crippen molar-refractivity contribution in [3.63, 3.8) is 0 Å². The molecule has 1 atom stereocenters. The Balaban J connectivity index is 1.83. The Bertz CT molecular complexity index is 549. The molecule has 2 rings (SSSR count). The molecule has 0 bridgehead atoms. The van der Waals surface area contributed by atoms with Gasteiger partial charge in [0.15, 0.2) is 0 Å². The number of hydrogen-bond donors (Lipinski definition) is 1. The minimum absolute atomic E-state index is 0.0364. The Kier molecular flexibility index (Phi) is 4.79. The number of thiophene rings is 1. The molecule has 20 heavy (non-hydrogen) atoms. The largest absolute Gasteiger partial charge is 0.334 e. The van der Waals surface area contributed by atoms with Gasteiger partial charge in [-0.1, -0.05) is 0 Å². The normalized spacial score (nSPS) is 12.2. The van der Waals surface area contributed by atoms with Crippen molar-refractivity contribution in [1.29, 1.82) is 0 Å². The van der Waals surface area contributed by atoms with Gasteiger partial charge in [-0.25, -0.2) is 4.79 Å². The number of aromatic nitrogens is 2. The van der Waals surface area contributed by atoms with Crippen LogP contribution in [-0.2, 0) is 13.1 Å². The van der Waals surface area contributed by atoms with Gasteiger partial charge < -0.3 is 10.2 Å². The first-order valence-corrected chi connectivity index (χ1v) is 7.46. The molecule has 0 spiro atoms. The van der Waals surface area contributed by atoms with Gasteiger partial charge in [0.1, 0.15) is 0 Å². The maximum Gasteiger partial charge on any atom is 0.317 e. The predicted molar refractivity (Wildman–Crippen MR) is 80.7 cm³/mol. The van der Waals surface area contributed by atoms with Gasteiger partial charge in [0, 0.05) is 30.4 Å². The Morgan fingerprint density at radius 1 is 1.60 bits per heavy atom. The summed E-state index contributed by atoms with van der Waals surface area (Å²) >= 11 is 1.68. The summed E-state index contributed by atoms with van der Waals surface area (Å²) in [5.74, 6) is 0. The summed E-state index contributed by atoms with van der Waals surface area (Å²) in [5.41, 5.74) is 1.24. The smallest absolute Gasteiger partial charge is 0.317 e. The van der Waals surface area contributed by atoms with Gasteiger partial charge in [-0.2, -0.15) is 5.10 Å². The summed E-state index contributed by atoms with van der Waals surface area (Å²) in [4.78, 5) is 15.0. The molecule has 2 aromatic heterocycles. The summed E-state index contributed by atoms with van der Waals surface area (Å²) in [6.45, 7) is 5.36. The molecule has 0 aliphatic heterocycles. The molecule has 6 heteroatoms. The van der Waals surface area contributed by atoms with Crippen molar-refractivity contribution < 1.29 is 4.79 Å². The number of hydrogen-bond acceptors (Lipinski definition) is 3. The lowest BCUT2D eigenvalue weighted by Crippen LogP contribution is -2.43. The summed E-state index contributed by atoms with van der Waals surface area (Å²) < 4.78 is 1.81. The number of aryl methyl sites for hydroxylation is 1. The van der Waals surface area contributed by atoms with Crippen molar-refractivity contribution >= 4 is 17.4 Å². The van der Waals surface area contributed by atoms with E-state index in [1.165, 1.54) is 10.4 Å². The summed E-state index contributed by atoms with van der Waals surface area (Å²) in [5, 5.41) is 9.17. The highest BCUT2D eigenvalue weighted by atomic mass is 32.1. The maximum atomic E-state index is 12.1. The quantitative estimate of drug-likeness (QED) is 0.920. The number of urea groups is 1.